The molecule has 0 saturated carbocycles. The van der Waals surface area contributed by atoms with Crippen molar-refractivity contribution in [1.82, 2.24) is 40.8 Å². The summed E-state index contributed by atoms with van der Waals surface area (Å²) in [5.41, 5.74) is 0.874. The second kappa shape index (κ2) is 11.5. The SMILES string of the molecule is Cn1ncc2c1CC(C)(C)C(=O)C2=C1C(=O)NC(=O)NC1=O.Cn1ncc2c1CC(C)(C)C(=O)C2=O.O=C1CC(=O)NC(=O)N1. The van der Waals surface area contributed by atoms with Gasteiger partial charge in [0.05, 0.1) is 23.7 Å². The molecule has 2 aromatic rings. The number of rotatable bonds is 0. The van der Waals surface area contributed by atoms with Crippen LogP contribution in [0.4, 0.5) is 9.59 Å². The zero-order valence-electron chi connectivity index (χ0n) is 25.2. The van der Waals surface area contributed by atoms with E-state index in [9.17, 15) is 43.2 Å². The van der Waals surface area contributed by atoms with Gasteiger partial charge in [-0.15, -0.1) is 0 Å². The maximum Gasteiger partial charge on any atom is 0.328 e. The van der Waals surface area contributed by atoms with E-state index in [4.69, 9.17) is 0 Å². The summed E-state index contributed by atoms with van der Waals surface area (Å²) in [6, 6.07) is -1.63. The van der Waals surface area contributed by atoms with Gasteiger partial charge in [0.25, 0.3) is 11.8 Å². The van der Waals surface area contributed by atoms with Crippen molar-refractivity contribution < 1.29 is 43.2 Å². The van der Waals surface area contributed by atoms with Crippen molar-refractivity contribution in [3.8, 4) is 0 Å². The minimum atomic E-state index is -0.895. The number of allylic oxidation sites excluding steroid dienone is 1. The van der Waals surface area contributed by atoms with Crippen LogP contribution in [0.25, 0.3) is 5.57 Å². The fourth-order valence-electron chi connectivity index (χ4n) is 5.09. The smallest absolute Gasteiger partial charge is 0.294 e. The van der Waals surface area contributed by atoms with E-state index in [2.05, 4.69) is 10.2 Å². The van der Waals surface area contributed by atoms with Gasteiger partial charge in [-0.2, -0.15) is 10.2 Å². The first-order valence-electron chi connectivity index (χ1n) is 13.5. The summed E-state index contributed by atoms with van der Waals surface area (Å²) in [5.74, 6) is -3.87. The first-order chi connectivity index (χ1) is 20.8. The molecule has 4 aliphatic rings. The minimum absolute atomic E-state index is 0.0156. The fraction of sp³-hybridized carbons (Fsp3) is 0.393. The largest absolute Gasteiger partial charge is 0.328 e. The van der Waals surface area contributed by atoms with Gasteiger partial charge < -0.3 is 0 Å². The summed E-state index contributed by atoms with van der Waals surface area (Å²) in [6.45, 7) is 7.08. The second-order valence-corrected chi connectivity index (χ2v) is 12.0. The number of imide groups is 4. The number of nitrogens with zero attached hydrogens (tertiary/aromatic N) is 4. The summed E-state index contributed by atoms with van der Waals surface area (Å²) in [5, 5.41) is 15.9. The predicted octanol–water partition coefficient (Wildman–Crippen LogP) is -0.812. The molecule has 2 saturated heterocycles. The number of carbonyl (C=O) groups excluding carboxylic acids is 9. The van der Waals surface area contributed by atoms with Crippen LogP contribution in [0.2, 0.25) is 0 Å². The zero-order chi connectivity index (χ0) is 33.6. The van der Waals surface area contributed by atoms with Gasteiger partial charge in [-0.1, -0.05) is 27.7 Å². The lowest BCUT2D eigenvalue weighted by Gasteiger charge is -2.31. The molecule has 2 aromatic heterocycles. The Labute approximate surface area is 255 Å². The molecule has 2 aliphatic carbocycles. The van der Waals surface area contributed by atoms with E-state index in [0.717, 1.165) is 11.4 Å². The van der Waals surface area contributed by atoms with E-state index in [0.29, 0.717) is 24.0 Å². The molecule has 2 aliphatic heterocycles. The molecule has 45 heavy (non-hydrogen) atoms. The van der Waals surface area contributed by atoms with Crippen molar-refractivity contribution >= 4 is 58.6 Å². The number of nitrogens with one attached hydrogen (secondary N) is 4. The highest BCUT2D eigenvalue weighted by molar-refractivity contribution is 6.46. The van der Waals surface area contributed by atoms with Crippen molar-refractivity contribution in [2.75, 3.05) is 0 Å². The van der Waals surface area contributed by atoms with Gasteiger partial charge in [0, 0.05) is 54.6 Å². The standard InChI is InChI=1S/C14H14N4O4.C10H12N2O2.C4H4N2O3/c1-14(2)4-7-6(5-15-18(7)3)8(10(14)19)9-11(20)16-13(22)17-12(9)21;1-10(2)4-7-6(5-11-12(7)3)8(13)9(10)14;7-2-1-3(8)6-4(9)5-2/h5H,4H2,1-3H3,(H2,16,17,20,21,22);5H,4H2,1-3H3;1H2,(H2,5,6,7,8,9). The van der Waals surface area contributed by atoms with Crippen LogP contribution in [0.1, 0.15) is 61.4 Å². The molecule has 0 radical (unpaired) electrons. The Morgan fingerprint density at radius 1 is 0.600 bits per heavy atom. The van der Waals surface area contributed by atoms with E-state index in [1.165, 1.54) is 12.4 Å². The summed E-state index contributed by atoms with van der Waals surface area (Å²) in [6.07, 6.45) is 3.72. The molecule has 0 aromatic carbocycles. The van der Waals surface area contributed by atoms with E-state index in [1.807, 2.05) is 21.3 Å². The summed E-state index contributed by atoms with van der Waals surface area (Å²) >= 11 is 0. The topological polar surface area (TPSA) is 237 Å². The van der Waals surface area contributed by atoms with Gasteiger partial charge in [-0.3, -0.25) is 64.2 Å². The quantitative estimate of drug-likeness (QED) is 0.123. The first-order valence-corrected chi connectivity index (χ1v) is 13.5. The second-order valence-electron chi connectivity index (χ2n) is 12.0. The number of aryl methyl sites for hydroxylation is 2. The Hall–Kier alpha value is -5.61. The van der Waals surface area contributed by atoms with Crippen molar-refractivity contribution in [1.29, 1.82) is 0 Å². The van der Waals surface area contributed by atoms with Crippen molar-refractivity contribution in [2.24, 2.45) is 24.9 Å². The number of hydrogen-bond donors (Lipinski definition) is 4. The molecule has 17 nitrogen and oxygen atoms in total. The highest BCUT2D eigenvalue weighted by Gasteiger charge is 2.44. The number of aromatic nitrogens is 4. The van der Waals surface area contributed by atoms with Crippen LogP contribution in [0.5, 0.6) is 0 Å². The highest BCUT2D eigenvalue weighted by atomic mass is 16.2. The lowest BCUT2D eigenvalue weighted by molar-refractivity contribution is -0.130. The third-order valence-corrected chi connectivity index (χ3v) is 7.50. The van der Waals surface area contributed by atoms with E-state index < -0.39 is 52.3 Å². The molecule has 0 bridgehead atoms. The third-order valence-electron chi connectivity index (χ3n) is 7.50. The number of carbonyl (C=O) groups is 9. The lowest BCUT2D eigenvalue weighted by Crippen LogP contribution is -2.52. The Balaban J connectivity index is 0.000000171. The van der Waals surface area contributed by atoms with Gasteiger partial charge in [0.1, 0.15) is 12.0 Å². The Bertz CT molecular complexity index is 1710. The average molecular weight is 623 g/mol. The minimum Gasteiger partial charge on any atom is -0.294 e. The van der Waals surface area contributed by atoms with Crippen LogP contribution in [0.15, 0.2) is 18.0 Å². The number of ketones is 3. The zero-order valence-corrected chi connectivity index (χ0v) is 25.2. The maximum absolute atomic E-state index is 12.8. The van der Waals surface area contributed by atoms with Crippen molar-refractivity contribution in [3.05, 3.63) is 40.5 Å². The number of barbiturate groups is 2. The average Bonchev–Trinajstić information content (AvgIpc) is 3.45. The molecule has 6 rings (SSSR count). The molecule has 8 amide bonds. The van der Waals surface area contributed by atoms with Gasteiger partial charge in [0.2, 0.25) is 23.4 Å². The predicted molar refractivity (Wildman–Crippen MR) is 151 cm³/mol. The number of Topliss-reactive ketones (excluding diaryl/α,β-unsaturated/α-hetero) is 3. The molecular formula is C28H30N8O9. The number of hydrogen-bond acceptors (Lipinski definition) is 11. The first kappa shape index (κ1) is 32.3. The van der Waals surface area contributed by atoms with Crippen LogP contribution < -0.4 is 21.3 Å². The Morgan fingerprint density at radius 3 is 1.51 bits per heavy atom. The van der Waals surface area contributed by atoms with Crippen LogP contribution in [0, 0.1) is 10.8 Å². The molecule has 0 spiro atoms. The molecule has 2 fully saturated rings. The van der Waals surface area contributed by atoms with Crippen molar-refractivity contribution in [2.45, 2.75) is 47.0 Å². The van der Waals surface area contributed by atoms with Gasteiger partial charge in [0.15, 0.2) is 5.78 Å². The molecule has 0 unspecified atom stereocenters. The molecule has 236 valence electrons. The number of amides is 8. The normalized spacial score (nSPS) is 20.0. The molecule has 4 N–H and O–H groups in total. The number of fused-ring (bicyclic) bond motifs is 2. The van der Waals surface area contributed by atoms with E-state index in [1.54, 1.807) is 51.2 Å². The third kappa shape index (κ3) is 6.22. The number of urea groups is 2. The summed E-state index contributed by atoms with van der Waals surface area (Å²) in [7, 11) is 3.52. The van der Waals surface area contributed by atoms with Gasteiger partial charge in [-0.05, 0) is 0 Å². The summed E-state index contributed by atoms with van der Waals surface area (Å²) in [4.78, 5) is 102. The van der Waals surface area contributed by atoms with Crippen molar-refractivity contribution in [3.63, 3.8) is 0 Å². The van der Waals surface area contributed by atoms with Gasteiger partial charge in [-0.25, -0.2) is 9.59 Å². The molecule has 17 heteroatoms. The monoisotopic (exact) mass is 622 g/mol. The van der Waals surface area contributed by atoms with Crippen LogP contribution >= 0.6 is 0 Å². The van der Waals surface area contributed by atoms with Crippen LogP contribution in [0.3, 0.4) is 0 Å². The van der Waals surface area contributed by atoms with Crippen LogP contribution in [-0.2, 0) is 55.7 Å². The molecule has 0 atom stereocenters. The molecule has 4 heterocycles. The maximum atomic E-state index is 12.8. The molecular weight excluding hydrogens is 592 g/mol. The fourth-order valence-corrected chi connectivity index (χ4v) is 5.09. The highest BCUT2D eigenvalue weighted by Crippen LogP contribution is 2.40. The van der Waals surface area contributed by atoms with E-state index in [-0.39, 0.29) is 29.1 Å². The van der Waals surface area contributed by atoms with Crippen LogP contribution in [-0.4, -0.2) is 72.6 Å². The Morgan fingerprint density at radius 2 is 1.02 bits per heavy atom. The Kier molecular flexibility index (Phi) is 8.24. The lowest BCUT2D eigenvalue weighted by atomic mass is 9.71. The van der Waals surface area contributed by atoms with E-state index >= 15 is 0 Å². The summed E-state index contributed by atoms with van der Waals surface area (Å²) < 4.78 is 3.29. The van der Waals surface area contributed by atoms with Gasteiger partial charge >= 0.3 is 12.1 Å².